The first kappa shape index (κ1) is 25.6. The van der Waals surface area contributed by atoms with Gasteiger partial charge in [-0.25, -0.2) is 0 Å². The zero-order valence-corrected chi connectivity index (χ0v) is 25.4. The molecule has 10 rings (SSSR count). The van der Waals surface area contributed by atoms with Crippen molar-refractivity contribution in [3.63, 3.8) is 0 Å². The molecule has 0 saturated carbocycles. The first-order valence-electron chi connectivity index (χ1n) is 16.3. The smallest absolute Gasteiger partial charge is 0.00199 e. The van der Waals surface area contributed by atoms with Gasteiger partial charge in [0.25, 0.3) is 0 Å². The van der Waals surface area contributed by atoms with Crippen molar-refractivity contribution in [2.75, 3.05) is 0 Å². The summed E-state index contributed by atoms with van der Waals surface area (Å²) in [5.41, 5.74) is 10.9. The maximum Gasteiger partial charge on any atom is -0.00199 e. The minimum absolute atomic E-state index is 1.06. The van der Waals surface area contributed by atoms with Crippen LogP contribution in [-0.2, 0) is 12.8 Å². The molecule has 9 aromatic carbocycles. The Balaban J connectivity index is 1.25. The topological polar surface area (TPSA) is 0 Å². The summed E-state index contributed by atoms with van der Waals surface area (Å²) < 4.78 is 0. The van der Waals surface area contributed by atoms with E-state index in [0.29, 0.717) is 0 Å². The molecule has 0 aliphatic heterocycles. The van der Waals surface area contributed by atoms with Crippen LogP contribution in [0.25, 0.3) is 87.2 Å². The Bertz CT molecular complexity index is 2630. The molecule has 0 saturated heterocycles. The lowest BCUT2D eigenvalue weighted by molar-refractivity contribution is 0.951. The highest BCUT2D eigenvalue weighted by atomic mass is 14.3. The Morgan fingerprint density at radius 2 is 0.848 bits per heavy atom. The third kappa shape index (κ3) is 3.68. The van der Waals surface area contributed by atoms with Crippen LogP contribution in [0.15, 0.2) is 158 Å². The monoisotopic (exact) mass is 582 g/mol. The minimum Gasteiger partial charge on any atom is -0.0616 e. The molecule has 1 aliphatic carbocycles. The van der Waals surface area contributed by atoms with Crippen molar-refractivity contribution in [3.05, 3.63) is 169 Å². The van der Waals surface area contributed by atoms with Crippen LogP contribution in [0.4, 0.5) is 0 Å². The van der Waals surface area contributed by atoms with E-state index in [2.05, 4.69) is 158 Å². The fraction of sp³-hybridized carbons (Fsp3) is 0.0435. The molecule has 0 atom stereocenters. The molecular weight excluding hydrogens is 553 g/mol. The number of hydrogen-bond donors (Lipinski definition) is 0. The van der Waals surface area contributed by atoms with Gasteiger partial charge < -0.3 is 0 Å². The van der Waals surface area contributed by atoms with Crippen molar-refractivity contribution in [1.29, 1.82) is 0 Å². The molecule has 0 N–H and O–H groups in total. The van der Waals surface area contributed by atoms with Crippen molar-refractivity contribution < 1.29 is 0 Å². The summed E-state index contributed by atoms with van der Waals surface area (Å²) in [6.07, 6.45) is 2.13. The summed E-state index contributed by atoms with van der Waals surface area (Å²) in [5, 5.41) is 13.1. The molecule has 0 spiro atoms. The van der Waals surface area contributed by atoms with Crippen molar-refractivity contribution in [2.24, 2.45) is 0 Å². The third-order valence-electron chi connectivity index (χ3n) is 10.3. The average molecular weight is 583 g/mol. The molecule has 0 nitrogen and oxygen atoms in total. The van der Waals surface area contributed by atoms with Crippen LogP contribution >= 0.6 is 0 Å². The second-order valence-electron chi connectivity index (χ2n) is 12.7. The summed E-state index contributed by atoms with van der Waals surface area (Å²) >= 11 is 0. The van der Waals surface area contributed by atoms with Gasteiger partial charge in [0.2, 0.25) is 0 Å². The molecule has 0 bridgehead atoms. The van der Waals surface area contributed by atoms with Crippen molar-refractivity contribution in [1.82, 2.24) is 0 Å². The Morgan fingerprint density at radius 1 is 0.304 bits per heavy atom. The van der Waals surface area contributed by atoms with Crippen molar-refractivity contribution >= 4 is 53.9 Å². The number of hydrogen-bond acceptors (Lipinski definition) is 0. The summed E-state index contributed by atoms with van der Waals surface area (Å²) in [7, 11) is 0. The highest BCUT2D eigenvalue weighted by molar-refractivity contribution is 6.25. The van der Waals surface area contributed by atoms with E-state index in [1.54, 1.807) is 0 Å². The minimum atomic E-state index is 1.06. The van der Waals surface area contributed by atoms with Gasteiger partial charge in [-0.3, -0.25) is 0 Å². The molecule has 9 aromatic rings. The number of benzene rings is 9. The first-order valence-corrected chi connectivity index (χ1v) is 16.3. The molecule has 0 heterocycles. The summed E-state index contributed by atoms with van der Waals surface area (Å²) in [6, 6.07) is 58.8. The largest absolute Gasteiger partial charge is 0.0616 e. The molecule has 46 heavy (non-hydrogen) atoms. The maximum atomic E-state index is 2.48. The van der Waals surface area contributed by atoms with E-state index >= 15 is 0 Å². The van der Waals surface area contributed by atoms with Crippen LogP contribution in [-0.4, -0.2) is 0 Å². The van der Waals surface area contributed by atoms with E-state index in [9.17, 15) is 0 Å². The highest BCUT2D eigenvalue weighted by Gasteiger charge is 2.22. The van der Waals surface area contributed by atoms with Gasteiger partial charge in [-0.15, -0.1) is 0 Å². The molecule has 0 amide bonds. The molecule has 0 aromatic heterocycles. The quantitative estimate of drug-likeness (QED) is 0.140. The van der Waals surface area contributed by atoms with Gasteiger partial charge >= 0.3 is 0 Å². The van der Waals surface area contributed by atoms with Gasteiger partial charge in [0.05, 0.1) is 0 Å². The van der Waals surface area contributed by atoms with E-state index in [4.69, 9.17) is 0 Å². The van der Waals surface area contributed by atoms with Crippen LogP contribution in [0, 0.1) is 0 Å². The molecule has 0 heteroatoms. The zero-order chi connectivity index (χ0) is 30.2. The fourth-order valence-corrected chi connectivity index (χ4v) is 8.33. The standard InChI is InChI=1S/C46H30/c1-3-13-33-29(11-1)21-25-39-35-24-23-32(27-31(35)22-26-38(33)39)45-40-17-7-9-19-42(40)46(43-20-10-8-18-41(43)45)44-28-30-12-2-4-14-34(30)36-15-5-6-16-37(36)44/h1-21,23-25,27-28H,22,26H2. The van der Waals surface area contributed by atoms with Crippen LogP contribution < -0.4 is 0 Å². The maximum absolute atomic E-state index is 2.48. The number of aryl methyl sites for hydroxylation is 2. The molecular formula is C46H30. The lowest BCUT2D eigenvalue weighted by Gasteiger charge is -2.24. The summed E-state index contributed by atoms with van der Waals surface area (Å²) in [4.78, 5) is 0. The van der Waals surface area contributed by atoms with E-state index in [1.165, 1.54) is 98.4 Å². The van der Waals surface area contributed by atoms with Crippen LogP contribution in [0.1, 0.15) is 11.1 Å². The van der Waals surface area contributed by atoms with Gasteiger partial charge in [-0.1, -0.05) is 152 Å². The third-order valence-corrected chi connectivity index (χ3v) is 10.3. The SMILES string of the molecule is c1ccc2c3c(ccc2c1)-c1ccc(-c2c4ccccc4c(-c4cc5ccccc5c5ccccc45)c4ccccc24)cc1CC3. The second kappa shape index (κ2) is 9.89. The van der Waals surface area contributed by atoms with Gasteiger partial charge in [0.1, 0.15) is 0 Å². The van der Waals surface area contributed by atoms with E-state index in [0.717, 1.165) is 12.8 Å². The fourth-order valence-electron chi connectivity index (χ4n) is 8.33. The molecule has 1 aliphatic rings. The Hall–Kier alpha value is -5.72. The predicted octanol–water partition coefficient (Wildman–Crippen LogP) is 12.6. The van der Waals surface area contributed by atoms with E-state index < -0.39 is 0 Å². The molecule has 214 valence electrons. The van der Waals surface area contributed by atoms with Crippen molar-refractivity contribution in [2.45, 2.75) is 12.8 Å². The predicted molar refractivity (Wildman–Crippen MR) is 198 cm³/mol. The Kier molecular flexibility index (Phi) is 5.50. The normalized spacial score (nSPS) is 12.6. The lowest BCUT2D eigenvalue weighted by atomic mass is 9.80. The van der Waals surface area contributed by atoms with Crippen molar-refractivity contribution in [3.8, 4) is 33.4 Å². The number of rotatable bonds is 2. The summed E-state index contributed by atoms with van der Waals surface area (Å²) in [6.45, 7) is 0. The molecule has 0 unspecified atom stereocenters. The van der Waals surface area contributed by atoms with Crippen LogP contribution in [0.2, 0.25) is 0 Å². The van der Waals surface area contributed by atoms with Gasteiger partial charge in [0.15, 0.2) is 0 Å². The van der Waals surface area contributed by atoms with Crippen LogP contribution in [0.3, 0.4) is 0 Å². The second-order valence-corrected chi connectivity index (χ2v) is 12.7. The first-order chi connectivity index (χ1) is 22.8. The summed E-state index contributed by atoms with van der Waals surface area (Å²) in [5.74, 6) is 0. The average Bonchev–Trinajstić information content (AvgIpc) is 3.13. The Labute approximate surface area is 268 Å². The highest BCUT2D eigenvalue weighted by Crippen LogP contribution is 2.47. The van der Waals surface area contributed by atoms with Gasteiger partial charge in [-0.2, -0.15) is 0 Å². The zero-order valence-electron chi connectivity index (χ0n) is 25.4. The van der Waals surface area contributed by atoms with Crippen LogP contribution in [0.5, 0.6) is 0 Å². The van der Waals surface area contributed by atoms with Gasteiger partial charge in [0, 0.05) is 0 Å². The molecule has 0 radical (unpaired) electrons. The molecule has 0 fully saturated rings. The van der Waals surface area contributed by atoms with E-state index in [1.807, 2.05) is 0 Å². The number of fused-ring (bicyclic) bond motifs is 10. The van der Waals surface area contributed by atoms with E-state index in [-0.39, 0.29) is 0 Å². The Morgan fingerprint density at radius 3 is 1.57 bits per heavy atom. The van der Waals surface area contributed by atoms with Gasteiger partial charge in [-0.05, 0) is 117 Å². The lowest BCUT2D eigenvalue weighted by Crippen LogP contribution is -2.05.